The fraction of sp³-hybridized carbons (Fsp3) is 0.571. The third-order valence-electron chi connectivity index (χ3n) is 3.41. The van der Waals surface area contributed by atoms with E-state index in [1.54, 1.807) is 5.56 Å². The van der Waals surface area contributed by atoms with Crippen molar-refractivity contribution in [3.63, 3.8) is 0 Å². The van der Waals surface area contributed by atoms with Crippen molar-refractivity contribution >= 4 is 0 Å². The highest BCUT2D eigenvalue weighted by Crippen LogP contribution is 2.26. The van der Waals surface area contributed by atoms with Crippen LogP contribution < -0.4 is 5.32 Å². The van der Waals surface area contributed by atoms with Crippen LogP contribution in [0.3, 0.4) is 0 Å². The molecule has 1 aliphatic rings. The number of rotatable bonds is 2. The molecule has 0 radical (unpaired) electrons. The molecule has 1 saturated heterocycles. The average molecular weight is 203 g/mol. The standard InChI is InChI=1S/C14H21N/c1-2-12-5-3-6-14(11-12)13-7-4-9-15-10-8-13/h3,5-6,11,13,15H,2,4,7-10H2,1H3. The molecule has 1 N–H and O–H groups in total. The van der Waals surface area contributed by atoms with Crippen molar-refractivity contribution in [1.29, 1.82) is 0 Å². The Bertz CT molecular complexity index is 298. The first-order valence-corrected chi connectivity index (χ1v) is 6.19. The minimum atomic E-state index is 0.784. The molecule has 0 spiro atoms. The van der Waals surface area contributed by atoms with Crippen molar-refractivity contribution in [3.05, 3.63) is 35.4 Å². The summed E-state index contributed by atoms with van der Waals surface area (Å²) in [6.07, 6.45) is 5.12. The molecule has 0 saturated carbocycles. The first-order chi connectivity index (χ1) is 7.40. The summed E-state index contributed by atoms with van der Waals surface area (Å²) in [5, 5.41) is 3.48. The maximum atomic E-state index is 3.48. The molecule has 82 valence electrons. The van der Waals surface area contributed by atoms with Crippen LogP contribution in [0.1, 0.15) is 43.2 Å². The molecule has 15 heavy (non-hydrogen) atoms. The normalized spacial score (nSPS) is 22.3. The summed E-state index contributed by atoms with van der Waals surface area (Å²) in [6.45, 7) is 4.61. The lowest BCUT2D eigenvalue weighted by Crippen LogP contribution is -2.13. The van der Waals surface area contributed by atoms with Gasteiger partial charge in [-0.1, -0.05) is 31.2 Å². The van der Waals surface area contributed by atoms with Gasteiger partial charge in [0.05, 0.1) is 0 Å². The van der Waals surface area contributed by atoms with Crippen LogP contribution in [0.25, 0.3) is 0 Å². The van der Waals surface area contributed by atoms with Crippen molar-refractivity contribution in [2.75, 3.05) is 13.1 Å². The summed E-state index contributed by atoms with van der Waals surface area (Å²) in [4.78, 5) is 0. The van der Waals surface area contributed by atoms with E-state index in [2.05, 4.69) is 36.5 Å². The maximum absolute atomic E-state index is 3.48. The molecule has 1 aromatic carbocycles. The summed E-state index contributed by atoms with van der Waals surface area (Å²) in [6, 6.07) is 9.15. The van der Waals surface area contributed by atoms with E-state index < -0.39 is 0 Å². The molecule has 0 amide bonds. The van der Waals surface area contributed by atoms with Gasteiger partial charge in [0.25, 0.3) is 0 Å². The minimum Gasteiger partial charge on any atom is -0.317 e. The molecule has 1 unspecified atom stereocenters. The zero-order valence-electron chi connectivity index (χ0n) is 9.63. The molecule has 1 fully saturated rings. The Kier molecular flexibility index (Phi) is 3.79. The van der Waals surface area contributed by atoms with E-state index >= 15 is 0 Å². The van der Waals surface area contributed by atoms with E-state index in [0.29, 0.717) is 0 Å². The second kappa shape index (κ2) is 5.32. The second-order valence-corrected chi connectivity index (χ2v) is 4.48. The SMILES string of the molecule is CCc1cccc(C2CCCNCC2)c1. The van der Waals surface area contributed by atoms with E-state index in [9.17, 15) is 0 Å². The van der Waals surface area contributed by atoms with Crippen LogP contribution in [0, 0.1) is 0 Å². The van der Waals surface area contributed by atoms with Gasteiger partial charge in [0.15, 0.2) is 0 Å². The highest BCUT2D eigenvalue weighted by molar-refractivity contribution is 5.26. The molecule has 0 aliphatic carbocycles. The van der Waals surface area contributed by atoms with Crippen LogP contribution in [-0.4, -0.2) is 13.1 Å². The smallest absolute Gasteiger partial charge is 0.00431 e. The molecule has 1 heteroatoms. The van der Waals surface area contributed by atoms with Gasteiger partial charge in [0.1, 0.15) is 0 Å². The van der Waals surface area contributed by atoms with Gasteiger partial charge in [-0.25, -0.2) is 0 Å². The predicted molar refractivity (Wildman–Crippen MR) is 65.3 cm³/mol. The quantitative estimate of drug-likeness (QED) is 0.778. The van der Waals surface area contributed by atoms with Crippen molar-refractivity contribution in [1.82, 2.24) is 5.32 Å². The highest BCUT2D eigenvalue weighted by Gasteiger charge is 2.13. The largest absolute Gasteiger partial charge is 0.317 e. The number of benzene rings is 1. The maximum Gasteiger partial charge on any atom is -0.00431 e. The van der Waals surface area contributed by atoms with Gasteiger partial charge in [-0.2, -0.15) is 0 Å². The Morgan fingerprint density at radius 3 is 3.07 bits per heavy atom. The fourth-order valence-electron chi connectivity index (χ4n) is 2.42. The average Bonchev–Trinajstić information content (AvgIpc) is 2.58. The van der Waals surface area contributed by atoms with Gasteiger partial charge >= 0.3 is 0 Å². The predicted octanol–water partition coefficient (Wildman–Crippen LogP) is 3.11. The Balaban J connectivity index is 2.12. The molecular formula is C14H21N. The fourth-order valence-corrected chi connectivity index (χ4v) is 2.42. The van der Waals surface area contributed by atoms with Gasteiger partial charge in [-0.3, -0.25) is 0 Å². The van der Waals surface area contributed by atoms with Crippen molar-refractivity contribution < 1.29 is 0 Å². The van der Waals surface area contributed by atoms with Gasteiger partial charge in [0.2, 0.25) is 0 Å². The zero-order valence-corrected chi connectivity index (χ0v) is 9.63. The Hall–Kier alpha value is -0.820. The lowest BCUT2D eigenvalue weighted by atomic mass is 9.91. The first-order valence-electron chi connectivity index (χ1n) is 6.19. The zero-order chi connectivity index (χ0) is 10.5. The molecule has 1 heterocycles. The topological polar surface area (TPSA) is 12.0 Å². The van der Waals surface area contributed by atoms with Gasteiger partial charge in [-0.15, -0.1) is 0 Å². The second-order valence-electron chi connectivity index (χ2n) is 4.48. The van der Waals surface area contributed by atoms with E-state index in [4.69, 9.17) is 0 Å². The minimum absolute atomic E-state index is 0.784. The third kappa shape index (κ3) is 2.82. The van der Waals surface area contributed by atoms with Crippen LogP contribution in [0.5, 0.6) is 0 Å². The number of hydrogen-bond acceptors (Lipinski definition) is 1. The van der Waals surface area contributed by atoms with E-state index in [1.807, 2.05) is 0 Å². The number of nitrogens with one attached hydrogen (secondary N) is 1. The molecule has 1 atom stereocenters. The van der Waals surface area contributed by atoms with Gasteiger partial charge in [-0.05, 0) is 55.8 Å². The van der Waals surface area contributed by atoms with Gasteiger partial charge in [0, 0.05) is 0 Å². The van der Waals surface area contributed by atoms with Crippen LogP contribution in [-0.2, 0) is 6.42 Å². The molecule has 1 aliphatic heterocycles. The monoisotopic (exact) mass is 203 g/mol. The summed E-state index contributed by atoms with van der Waals surface area (Å²) >= 11 is 0. The van der Waals surface area contributed by atoms with E-state index in [-0.39, 0.29) is 0 Å². The molecule has 1 nitrogen and oxygen atoms in total. The summed E-state index contributed by atoms with van der Waals surface area (Å²) in [5.41, 5.74) is 3.03. The van der Waals surface area contributed by atoms with Crippen LogP contribution in [0.2, 0.25) is 0 Å². The van der Waals surface area contributed by atoms with E-state index in [0.717, 1.165) is 12.3 Å². The third-order valence-corrected chi connectivity index (χ3v) is 3.41. The first kappa shape index (κ1) is 10.7. The van der Waals surface area contributed by atoms with Crippen molar-refractivity contribution in [3.8, 4) is 0 Å². The highest BCUT2D eigenvalue weighted by atomic mass is 14.8. The molecule has 2 rings (SSSR count). The number of hydrogen-bond donors (Lipinski definition) is 1. The molecule has 1 aromatic rings. The lowest BCUT2D eigenvalue weighted by molar-refractivity contribution is 0.609. The Morgan fingerprint density at radius 1 is 1.27 bits per heavy atom. The van der Waals surface area contributed by atoms with E-state index in [1.165, 1.54) is 37.9 Å². The van der Waals surface area contributed by atoms with Crippen LogP contribution in [0.15, 0.2) is 24.3 Å². The lowest BCUT2D eigenvalue weighted by Gasteiger charge is -2.14. The molecular weight excluding hydrogens is 182 g/mol. The Morgan fingerprint density at radius 2 is 2.20 bits per heavy atom. The summed E-state index contributed by atoms with van der Waals surface area (Å²) in [7, 11) is 0. The van der Waals surface area contributed by atoms with Crippen molar-refractivity contribution in [2.24, 2.45) is 0 Å². The summed E-state index contributed by atoms with van der Waals surface area (Å²) in [5.74, 6) is 0.784. The van der Waals surface area contributed by atoms with Crippen molar-refractivity contribution in [2.45, 2.75) is 38.5 Å². The Labute approximate surface area is 92.9 Å². The number of aryl methyl sites for hydroxylation is 1. The molecule has 0 bridgehead atoms. The van der Waals surface area contributed by atoms with Crippen LogP contribution in [0.4, 0.5) is 0 Å². The summed E-state index contributed by atoms with van der Waals surface area (Å²) < 4.78 is 0. The van der Waals surface area contributed by atoms with Crippen LogP contribution >= 0.6 is 0 Å². The molecule has 0 aromatic heterocycles. The van der Waals surface area contributed by atoms with Gasteiger partial charge < -0.3 is 5.32 Å².